The van der Waals surface area contributed by atoms with E-state index in [2.05, 4.69) is 10.1 Å². The fourth-order valence-electron chi connectivity index (χ4n) is 1.21. The second kappa shape index (κ2) is 3.68. The summed E-state index contributed by atoms with van der Waals surface area (Å²) in [6, 6.07) is 5.34. The first-order chi connectivity index (χ1) is 7.18. The lowest BCUT2D eigenvalue weighted by Gasteiger charge is -1.98. The minimum absolute atomic E-state index is 0.0151. The summed E-state index contributed by atoms with van der Waals surface area (Å²) >= 11 is 0. The van der Waals surface area contributed by atoms with Crippen molar-refractivity contribution in [3.63, 3.8) is 0 Å². The van der Waals surface area contributed by atoms with Crippen molar-refractivity contribution in [3.05, 3.63) is 34.9 Å². The lowest BCUT2D eigenvalue weighted by molar-refractivity contribution is 0.449. The average Bonchev–Trinajstić information content (AvgIpc) is 2.62. The molecule has 0 atom stereocenters. The number of hydrogen-bond acceptors (Lipinski definition) is 4. The van der Waals surface area contributed by atoms with Crippen molar-refractivity contribution < 1.29 is 4.42 Å². The summed E-state index contributed by atoms with van der Waals surface area (Å²) in [6.45, 7) is 3.73. The smallest absolute Gasteiger partial charge is 0.386 e. The molecular formula is C10H11N3O2. The minimum atomic E-state index is -0.453. The second-order valence-electron chi connectivity index (χ2n) is 3.43. The number of nitrogens with zero attached hydrogens (tertiary/aromatic N) is 3. The van der Waals surface area contributed by atoms with Gasteiger partial charge in [0.2, 0.25) is 0 Å². The van der Waals surface area contributed by atoms with Crippen LogP contribution in [-0.2, 0) is 0 Å². The van der Waals surface area contributed by atoms with Gasteiger partial charge in [-0.05, 0) is 26.0 Å². The number of pyridine rings is 1. The third kappa shape index (κ3) is 1.81. The maximum absolute atomic E-state index is 11.4. The summed E-state index contributed by atoms with van der Waals surface area (Å²) in [5.41, 5.74) is 0.564. The van der Waals surface area contributed by atoms with Crippen molar-refractivity contribution in [2.75, 3.05) is 0 Å². The summed E-state index contributed by atoms with van der Waals surface area (Å²) in [5, 5.41) is 4.05. The van der Waals surface area contributed by atoms with E-state index in [0.29, 0.717) is 5.69 Å². The van der Waals surface area contributed by atoms with Crippen molar-refractivity contribution in [2.45, 2.75) is 19.9 Å². The van der Waals surface area contributed by atoms with Crippen LogP contribution in [0.1, 0.15) is 19.9 Å². The van der Waals surface area contributed by atoms with E-state index < -0.39 is 5.76 Å². The fraction of sp³-hybridized carbons (Fsp3) is 0.300. The Hall–Kier alpha value is -1.91. The van der Waals surface area contributed by atoms with Crippen LogP contribution in [-0.4, -0.2) is 14.8 Å². The van der Waals surface area contributed by atoms with Gasteiger partial charge in [0.25, 0.3) is 5.89 Å². The maximum Gasteiger partial charge on any atom is 0.437 e. The van der Waals surface area contributed by atoms with Crippen LogP contribution >= 0.6 is 0 Å². The highest BCUT2D eigenvalue weighted by molar-refractivity contribution is 5.44. The molecule has 2 aromatic heterocycles. The Balaban J connectivity index is 2.48. The Morgan fingerprint density at radius 1 is 1.40 bits per heavy atom. The van der Waals surface area contributed by atoms with Gasteiger partial charge < -0.3 is 4.42 Å². The summed E-state index contributed by atoms with van der Waals surface area (Å²) in [4.78, 5) is 15.4. The van der Waals surface area contributed by atoms with E-state index in [1.165, 1.54) is 4.68 Å². The fourth-order valence-corrected chi connectivity index (χ4v) is 1.21. The first-order valence-corrected chi connectivity index (χ1v) is 4.69. The van der Waals surface area contributed by atoms with Crippen LogP contribution in [0.2, 0.25) is 0 Å². The molecule has 5 nitrogen and oxygen atoms in total. The number of hydrogen-bond donors (Lipinski definition) is 0. The van der Waals surface area contributed by atoms with Gasteiger partial charge in [-0.15, -0.1) is 5.10 Å². The van der Waals surface area contributed by atoms with Crippen LogP contribution in [0.3, 0.4) is 0 Å². The molecule has 0 unspecified atom stereocenters. The third-order valence-electron chi connectivity index (χ3n) is 1.94. The zero-order valence-electron chi connectivity index (χ0n) is 8.54. The van der Waals surface area contributed by atoms with Crippen molar-refractivity contribution in [1.82, 2.24) is 14.8 Å². The molecule has 0 aliphatic carbocycles. The van der Waals surface area contributed by atoms with Crippen LogP contribution in [0.4, 0.5) is 0 Å². The van der Waals surface area contributed by atoms with E-state index >= 15 is 0 Å². The van der Waals surface area contributed by atoms with Crippen LogP contribution in [0, 0.1) is 0 Å². The zero-order valence-corrected chi connectivity index (χ0v) is 8.54. The second-order valence-corrected chi connectivity index (χ2v) is 3.43. The molecule has 0 saturated heterocycles. The van der Waals surface area contributed by atoms with E-state index in [-0.39, 0.29) is 11.9 Å². The van der Waals surface area contributed by atoms with Gasteiger partial charge in [0.15, 0.2) is 0 Å². The summed E-state index contributed by atoms with van der Waals surface area (Å²) in [6.07, 6.45) is 1.63. The average molecular weight is 205 g/mol. The van der Waals surface area contributed by atoms with Gasteiger partial charge >= 0.3 is 5.76 Å². The molecule has 0 aliphatic heterocycles. The van der Waals surface area contributed by atoms with E-state index in [9.17, 15) is 4.79 Å². The van der Waals surface area contributed by atoms with Crippen molar-refractivity contribution in [2.24, 2.45) is 0 Å². The Morgan fingerprint density at radius 3 is 2.73 bits per heavy atom. The van der Waals surface area contributed by atoms with Gasteiger partial charge in [-0.25, -0.2) is 4.79 Å². The van der Waals surface area contributed by atoms with Crippen LogP contribution in [0.5, 0.6) is 0 Å². The quantitative estimate of drug-likeness (QED) is 0.745. The van der Waals surface area contributed by atoms with Gasteiger partial charge in [-0.3, -0.25) is 4.98 Å². The predicted octanol–water partition coefficient (Wildman–Crippen LogP) is 1.48. The van der Waals surface area contributed by atoms with Gasteiger partial charge in [0.1, 0.15) is 5.69 Å². The number of aromatic nitrogens is 3. The van der Waals surface area contributed by atoms with Gasteiger partial charge in [0, 0.05) is 6.20 Å². The standard InChI is InChI=1S/C10H11N3O2/c1-7(2)13-10(14)15-9(12-13)8-5-3-4-6-11-8/h3-7H,1-2H3. The molecule has 0 fully saturated rings. The molecule has 0 bridgehead atoms. The molecule has 2 rings (SSSR count). The molecular weight excluding hydrogens is 194 g/mol. The van der Waals surface area contributed by atoms with Crippen molar-refractivity contribution in [1.29, 1.82) is 0 Å². The van der Waals surface area contributed by atoms with Crippen molar-refractivity contribution in [3.8, 4) is 11.6 Å². The predicted molar refractivity (Wildman–Crippen MR) is 54.4 cm³/mol. The van der Waals surface area contributed by atoms with Crippen molar-refractivity contribution >= 4 is 0 Å². The molecule has 0 radical (unpaired) electrons. The highest BCUT2D eigenvalue weighted by Crippen LogP contribution is 2.11. The molecule has 0 aliphatic rings. The molecule has 0 N–H and O–H groups in total. The molecule has 78 valence electrons. The lowest BCUT2D eigenvalue weighted by atomic mass is 10.3. The molecule has 0 spiro atoms. The first kappa shape index (κ1) is 9.64. The van der Waals surface area contributed by atoms with E-state index in [0.717, 1.165) is 0 Å². The van der Waals surface area contributed by atoms with E-state index in [1.807, 2.05) is 19.9 Å². The molecule has 5 heteroatoms. The number of rotatable bonds is 2. The van der Waals surface area contributed by atoms with Crippen LogP contribution < -0.4 is 5.76 Å². The Bertz CT molecular complexity index is 499. The highest BCUT2D eigenvalue weighted by Gasteiger charge is 2.12. The highest BCUT2D eigenvalue weighted by atomic mass is 16.4. The molecule has 0 amide bonds. The molecule has 15 heavy (non-hydrogen) atoms. The third-order valence-corrected chi connectivity index (χ3v) is 1.94. The summed E-state index contributed by atoms with van der Waals surface area (Å²) < 4.78 is 6.29. The summed E-state index contributed by atoms with van der Waals surface area (Å²) in [5.74, 6) is -0.194. The van der Waals surface area contributed by atoms with E-state index in [4.69, 9.17) is 4.42 Å². The van der Waals surface area contributed by atoms with E-state index in [1.54, 1.807) is 18.3 Å². The largest absolute Gasteiger partial charge is 0.437 e. The molecule has 2 heterocycles. The summed E-state index contributed by atoms with van der Waals surface area (Å²) in [7, 11) is 0. The lowest BCUT2D eigenvalue weighted by Crippen LogP contribution is -2.17. The van der Waals surface area contributed by atoms with Crippen LogP contribution in [0.15, 0.2) is 33.6 Å². The molecule has 2 aromatic rings. The van der Waals surface area contributed by atoms with Gasteiger partial charge in [-0.2, -0.15) is 4.68 Å². The monoisotopic (exact) mass is 205 g/mol. The molecule has 0 aromatic carbocycles. The van der Waals surface area contributed by atoms with Gasteiger partial charge in [0.05, 0.1) is 6.04 Å². The first-order valence-electron chi connectivity index (χ1n) is 4.69. The normalized spacial score (nSPS) is 10.9. The Kier molecular flexibility index (Phi) is 2.37. The maximum atomic E-state index is 11.4. The van der Waals surface area contributed by atoms with Crippen LogP contribution in [0.25, 0.3) is 11.6 Å². The Labute approximate surface area is 86.4 Å². The minimum Gasteiger partial charge on any atom is -0.386 e. The molecule has 0 saturated carbocycles. The topological polar surface area (TPSA) is 60.9 Å². The Morgan fingerprint density at radius 2 is 2.20 bits per heavy atom. The zero-order chi connectivity index (χ0) is 10.8. The SMILES string of the molecule is CC(C)n1nc(-c2ccccn2)oc1=O. The van der Waals surface area contributed by atoms with Gasteiger partial charge in [-0.1, -0.05) is 6.07 Å².